The summed E-state index contributed by atoms with van der Waals surface area (Å²) in [7, 11) is 3.85. The van der Waals surface area contributed by atoms with E-state index >= 15 is 0 Å². The maximum Gasteiger partial charge on any atom is 0.573 e. The van der Waals surface area contributed by atoms with Crippen molar-refractivity contribution in [2.24, 2.45) is 0 Å². The second-order valence-electron chi connectivity index (χ2n) is 5.83. The van der Waals surface area contributed by atoms with Crippen LogP contribution in [0.15, 0.2) is 48.5 Å². The van der Waals surface area contributed by atoms with Gasteiger partial charge in [0.15, 0.2) is 0 Å². The molecule has 8 heteroatoms. The summed E-state index contributed by atoms with van der Waals surface area (Å²) in [6.45, 7) is 1.30. The Balaban J connectivity index is 1.91. The van der Waals surface area contributed by atoms with Gasteiger partial charge in [0.25, 0.3) is 5.91 Å². The number of benzene rings is 2. The number of likely N-dealkylation sites (N-methyl/N-ethyl adjacent to an activating group) is 1. The molecule has 0 atom stereocenters. The summed E-state index contributed by atoms with van der Waals surface area (Å²) in [6.07, 6.45) is -4.71. The molecule has 0 aromatic heterocycles. The van der Waals surface area contributed by atoms with Gasteiger partial charge in [-0.15, -0.1) is 13.2 Å². The van der Waals surface area contributed by atoms with Crippen LogP contribution in [0.2, 0.25) is 0 Å². The molecule has 2 aromatic carbocycles. The van der Waals surface area contributed by atoms with Crippen LogP contribution in [0.1, 0.15) is 10.4 Å². The summed E-state index contributed by atoms with van der Waals surface area (Å²) in [5, 5.41) is 5.86. The first-order valence-electron chi connectivity index (χ1n) is 7.89. The molecule has 0 bridgehead atoms. The molecule has 1 amide bonds. The van der Waals surface area contributed by atoms with E-state index in [0.29, 0.717) is 23.5 Å². The largest absolute Gasteiger partial charge is 0.573 e. The summed E-state index contributed by atoms with van der Waals surface area (Å²) in [5.74, 6) is -0.445. The number of hydrogen-bond donors (Lipinski definition) is 2. The number of ether oxygens (including phenoxy) is 1. The van der Waals surface area contributed by atoms with Gasteiger partial charge in [0.05, 0.1) is 0 Å². The normalized spacial score (nSPS) is 11.3. The Kier molecular flexibility index (Phi) is 6.46. The standard InChI is InChI=1S/C18H20F3N3O2/c1-24(2)12-11-22-17(25)13-3-5-14(6-4-13)23-15-7-9-16(10-8-15)26-18(19,20)21/h3-10,23H,11-12H2,1-2H3,(H,22,25). The fourth-order valence-electron chi connectivity index (χ4n) is 2.11. The van der Waals surface area contributed by atoms with E-state index in [0.717, 1.165) is 6.54 Å². The molecule has 0 unspecified atom stereocenters. The SMILES string of the molecule is CN(C)CCNC(=O)c1ccc(Nc2ccc(OC(F)(F)F)cc2)cc1. The van der Waals surface area contributed by atoms with Crippen molar-refractivity contribution in [2.75, 3.05) is 32.5 Å². The van der Waals surface area contributed by atoms with Gasteiger partial charge in [0, 0.05) is 30.0 Å². The molecule has 0 saturated carbocycles. The average molecular weight is 367 g/mol. The summed E-state index contributed by atoms with van der Waals surface area (Å²) >= 11 is 0. The molecular formula is C18H20F3N3O2. The highest BCUT2D eigenvalue weighted by molar-refractivity contribution is 5.94. The lowest BCUT2D eigenvalue weighted by Gasteiger charge is -2.12. The van der Waals surface area contributed by atoms with E-state index in [-0.39, 0.29) is 11.7 Å². The first-order valence-corrected chi connectivity index (χ1v) is 7.89. The minimum Gasteiger partial charge on any atom is -0.406 e. The lowest BCUT2D eigenvalue weighted by atomic mass is 10.2. The molecule has 2 N–H and O–H groups in total. The fraction of sp³-hybridized carbons (Fsp3) is 0.278. The smallest absolute Gasteiger partial charge is 0.406 e. The van der Waals surface area contributed by atoms with Crippen LogP contribution in [0.4, 0.5) is 24.5 Å². The number of amides is 1. The average Bonchev–Trinajstić information content (AvgIpc) is 2.55. The van der Waals surface area contributed by atoms with Crippen LogP contribution in [-0.2, 0) is 0 Å². The number of carbonyl (C=O) groups excluding carboxylic acids is 1. The third kappa shape index (κ3) is 6.64. The molecule has 0 saturated heterocycles. The Morgan fingerprint density at radius 2 is 1.54 bits per heavy atom. The van der Waals surface area contributed by atoms with E-state index in [1.54, 1.807) is 24.3 Å². The third-order valence-electron chi connectivity index (χ3n) is 3.37. The minimum absolute atomic E-state index is 0.160. The molecule has 2 aromatic rings. The topological polar surface area (TPSA) is 53.6 Å². The minimum atomic E-state index is -4.71. The number of halogens is 3. The molecule has 26 heavy (non-hydrogen) atoms. The molecule has 5 nitrogen and oxygen atoms in total. The van der Waals surface area contributed by atoms with Crippen molar-refractivity contribution in [2.45, 2.75) is 6.36 Å². The lowest BCUT2D eigenvalue weighted by Crippen LogP contribution is -2.31. The van der Waals surface area contributed by atoms with Crippen molar-refractivity contribution >= 4 is 17.3 Å². The number of nitrogens with zero attached hydrogens (tertiary/aromatic N) is 1. The zero-order valence-corrected chi connectivity index (χ0v) is 14.4. The van der Waals surface area contributed by atoms with Gasteiger partial charge < -0.3 is 20.3 Å². The number of carbonyl (C=O) groups is 1. The van der Waals surface area contributed by atoms with Crippen LogP contribution in [0.5, 0.6) is 5.75 Å². The van der Waals surface area contributed by atoms with Crippen LogP contribution in [0, 0.1) is 0 Å². The second-order valence-corrected chi connectivity index (χ2v) is 5.83. The molecule has 0 aliphatic carbocycles. The van der Waals surface area contributed by atoms with Gasteiger partial charge >= 0.3 is 6.36 Å². The number of anilines is 2. The predicted molar refractivity (Wildman–Crippen MR) is 93.7 cm³/mol. The summed E-state index contributed by atoms with van der Waals surface area (Å²) in [4.78, 5) is 14.0. The Bertz CT molecular complexity index is 714. The molecule has 0 spiro atoms. The lowest BCUT2D eigenvalue weighted by molar-refractivity contribution is -0.274. The van der Waals surface area contributed by atoms with Gasteiger partial charge in [-0.25, -0.2) is 0 Å². The van der Waals surface area contributed by atoms with Crippen molar-refractivity contribution in [3.8, 4) is 5.75 Å². The quantitative estimate of drug-likeness (QED) is 0.785. The maximum absolute atomic E-state index is 12.1. The molecule has 0 fully saturated rings. The number of hydrogen-bond acceptors (Lipinski definition) is 4. The molecule has 2 rings (SSSR count). The molecule has 0 aliphatic heterocycles. The first kappa shape index (κ1) is 19.6. The monoisotopic (exact) mass is 367 g/mol. The third-order valence-corrected chi connectivity index (χ3v) is 3.37. The Morgan fingerprint density at radius 3 is 2.04 bits per heavy atom. The van der Waals surface area contributed by atoms with Crippen LogP contribution in [-0.4, -0.2) is 44.4 Å². The van der Waals surface area contributed by atoms with Gasteiger partial charge in [0.1, 0.15) is 5.75 Å². The van der Waals surface area contributed by atoms with Crippen LogP contribution >= 0.6 is 0 Å². The molecule has 0 radical (unpaired) electrons. The van der Waals surface area contributed by atoms with Crippen molar-refractivity contribution < 1.29 is 22.7 Å². The van der Waals surface area contributed by atoms with E-state index < -0.39 is 6.36 Å². The van der Waals surface area contributed by atoms with Crippen LogP contribution in [0.25, 0.3) is 0 Å². The number of rotatable bonds is 7. The van der Waals surface area contributed by atoms with Gasteiger partial charge in [0.2, 0.25) is 0 Å². The van der Waals surface area contributed by atoms with Crippen LogP contribution < -0.4 is 15.4 Å². The van der Waals surface area contributed by atoms with Gasteiger partial charge in [-0.1, -0.05) is 0 Å². The molecular weight excluding hydrogens is 347 g/mol. The van der Waals surface area contributed by atoms with Crippen molar-refractivity contribution in [1.82, 2.24) is 10.2 Å². The maximum atomic E-state index is 12.1. The van der Waals surface area contributed by atoms with Crippen molar-refractivity contribution in [1.29, 1.82) is 0 Å². The van der Waals surface area contributed by atoms with E-state index in [2.05, 4.69) is 15.4 Å². The fourth-order valence-corrected chi connectivity index (χ4v) is 2.11. The number of alkyl halides is 3. The Hall–Kier alpha value is -2.74. The Labute approximate surface area is 149 Å². The van der Waals surface area contributed by atoms with E-state index in [9.17, 15) is 18.0 Å². The highest BCUT2D eigenvalue weighted by atomic mass is 19.4. The van der Waals surface area contributed by atoms with E-state index in [1.165, 1.54) is 24.3 Å². The van der Waals surface area contributed by atoms with Crippen LogP contribution in [0.3, 0.4) is 0 Å². The van der Waals surface area contributed by atoms with E-state index in [1.807, 2.05) is 19.0 Å². The zero-order chi connectivity index (χ0) is 19.2. The summed E-state index contributed by atoms with van der Waals surface area (Å²) in [5.41, 5.74) is 1.84. The van der Waals surface area contributed by atoms with Gasteiger partial charge in [-0.05, 0) is 62.6 Å². The highest BCUT2D eigenvalue weighted by Crippen LogP contribution is 2.25. The molecule has 140 valence electrons. The Morgan fingerprint density at radius 1 is 1.00 bits per heavy atom. The second kappa shape index (κ2) is 8.57. The first-order chi connectivity index (χ1) is 12.2. The van der Waals surface area contributed by atoms with Crippen molar-refractivity contribution in [3.63, 3.8) is 0 Å². The molecule has 0 aliphatic rings. The zero-order valence-electron chi connectivity index (χ0n) is 14.4. The van der Waals surface area contributed by atoms with E-state index in [4.69, 9.17) is 0 Å². The van der Waals surface area contributed by atoms with Crippen molar-refractivity contribution in [3.05, 3.63) is 54.1 Å². The predicted octanol–water partition coefficient (Wildman–Crippen LogP) is 3.62. The van der Waals surface area contributed by atoms with Gasteiger partial charge in [-0.2, -0.15) is 0 Å². The summed E-state index contributed by atoms with van der Waals surface area (Å²) < 4.78 is 40.2. The van der Waals surface area contributed by atoms with Gasteiger partial charge in [-0.3, -0.25) is 4.79 Å². The highest BCUT2D eigenvalue weighted by Gasteiger charge is 2.30. The molecule has 0 heterocycles. The number of nitrogens with one attached hydrogen (secondary N) is 2. The summed E-state index contributed by atoms with van der Waals surface area (Å²) in [6, 6.07) is 12.2.